The molecule has 1 heterocycles. The van der Waals surface area contributed by atoms with Crippen LogP contribution in [-0.4, -0.2) is 5.16 Å². The summed E-state index contributed by atoms with van der Waals surface area (Å²) in [5.41, 5.74) is 5.23. The van der Waals surface area contributed by atoms with E-state index < -0.39 is 5.63 Å². The highest BCUT2D eigenvalue weighted by Crippen LogP contribution is 1.96. The van der Waals surface area contributed by atoms with Gasteiger partial charge in [0, 0.05) is 0 Å². The van der Waals surface area contributed by atoms with Crippen LogP contribution in [0.15, 0.2) is 9.32 Å². The van der Waals surface area contributed by atoms with Crippen molar-refractivity contribution >= 4 is 5.82 Å². The largest absolute Gasteiger partial charge is 0.383 e. The second kappa shape index (κ2) is 1.40. The van der Waals surface area contributed by atoms with E-state index in [0.717, 1.165) is 0 Å². The van der Waals surface area contributed by atoms with Crippen LogP contribution in [0.4, 0.5) is 5.82 Å². The lowest BCUT2D eigenvalue weighted by molar-refractivity contribution is 0.393. The number of aromatic amines is 1. The standard InChI is InChI=1S/C4H6N2O2/c1-2-3(5)6-8-4(2)7/h6H,5H2,1H3. The van der Waals surface area contributed by atoms with Crippen LogP contribution in [0.1, 0.15) is 5.56 Å². The minimum absolute atomic E-state index is 0.301. The van der Waals surface area contributed by atoms with E-state index >= 15 is 0 Å². The molecule has 0 atom stereocenters. The number of nitrogen functional groups attached to an aromatic ring is 1. The summed E-state index contributed by atoms with van der Waals surface area (Å²) >= 11 is 0. The van der Waals surface area contributed by atoms with Gasteiger partial charge in [-0.15, -0.1) is 0 Å². The normalized spacial score (nSPS) is 9.62. The summed E-state index contributed by atoms with van der Waals surface area (Å²) in [5.74, 6) is 0.301. The fraction of sp³-hybridized carbons (Fsp3) is 0.250. The Hall–Kier alpha value is -1.19. The van der Waals surface area contributed by atoms with Crippen molar-refractivity contribution in [1.82, 2.24) is 5.16 Å². The lowest BCUT2D eigenvalue weighted by atomic mass is 10.4. The summed E-state index contributed by atoms with van der Waals surface area (Å²) in [6, 6.07) is 0. The van der Waals surface area contributed by atoms with E-state index in [0.29, 0.717) is 11.4 Å². The second-order valence-corrected chi connectivity index (χ2v) is 1.53. The molecule has 8 heavy (non-hydrogen) atoms. The number of hydrogen-bond donors (Lipinski definition) is 2. The zero-order valence-corrected chi connectivity index (χ0v) is 4.39. The van der Waals surface area contributed by atoms with E-state index in [-0.39, 0.29) is 0 Å². The van der Waals surface area contributed by atoms with Gasteiger partial charge >= 0.3 is 5.63 Å². The van der Waals surface area contributed by atoms with Gasteiger partial charge in [-0.25, -0.2) is 9.95 Å². The molecule has 4 nitrogen and oxygen atoms in total. The Labute approximate surface area is 45.3 Å². The first-order valence-electron chi connectivity index (χ1n) is 2.15. The molecule has 0 unspecified atom stereocenters. The number of anilines is 1. The van der Waals surface area contributed by atoms with Gasteiger partial charge in [0.05, 0.1) is 5.56 Å². The fourth-order valence-corrected chi connectivity index (χ4v) is 0.364. The van der Waals surface area contributed by atoms with Gasteiger partial charge in [-0.1, -0.05) is 0 Å². The topological polar surface area (TPSA) is 72.0 Å². The molecule has 4 heteroatoms. The monoisotopic (exact) mass is 114 g/mol. The van der Waals surface area contributed by atoms with Crippen molar-refractivity contribution in [2.75, 3.05) is 5.73 Å². The van der Waals surface area contributed by atoms with Crippen molar-refractivity contribution in [1.29, 1.82) is 0 Å². The molecule has 0 aliphatic heterocycles. The highest BCUT2D eigenvalue weighted by atomic mass is 16.5. The zero-order valence-electron chi connectivity index (χ0n) is 4.39. The molecular formula is C4H6N2O2. The molecule has 44 valence electrons. The predicted molar refractivity (Wildman–Crippen MR) is 28.5 cm³/mol. The van der Waals surface area contributed by atoms with Crippen LogP contribution in [0.25, 0.3) is 0 Å². The minimum Gasteiger partial charge on any atom is -0.383 e. The van der Waals surface area contributed by atoms with Crippen LogP contribution in [0.5, 0.6) is 0 Å². The Balaban J connectivity index is 3.41. The predicted octanol–water partition coefficient (Wildman–Crippen LogP) is -0.141. The van der Waals surface area contributed by atoms with Crippen LogP contribution < -0.4 is 11.4 Å². The molecule has 1 aromatic rings. The number of rotatable bonds is 0. The van der Waals surface area contributed by atoms with Gasteiger partial charge in [-0.2, -0.15) is 0 Å². The highest BCUT2D eigenvalue weighted by molar-refractivity contribution is 5.33. The lowest BCUT2D eigenvalue weighted by Crippen LogP contribution is -1.96. The summed E-state index contributed by atoms with van der Waals surface area (Å²) in [7, 11) is 0. The van der Waals surface area contributed by atoms with E-state index in [9.17, 15) is 4.79 Å². The maximum absolute atomic E-state index is 10.4. The molecule has 0 amide bonds. The maximum Gasteiger partial charge on any atom is 0.362 e. The van der Waals surface area contributed by atoms with Gasteiger partial charge in [0.2, 0.25) is 0 Å². The molecule has 0 radical (unpaired) electrons. The van der Waals surface area contributed by atoms with E-state index in [1.165, 1.54) is 0 Å². The minimum atomic E-state index is -0.400. The molecule has 0 aliphatic carbocycles. The van der Waals surface area contributed by atoms with E-state index in [2.05, 4.69) is 9.68 Å². The smallest absolute Gasteiger partial charge is 0.362 e. The van der Waals surface area contributed by atoms with Crippen molar-refractivity contribution in [3.8, 4) is 0 Å². The Morgan fingerprint density at radius 3 is 2.50 bits per heavy atom. The first-order valence-corrected chi connectivity index (χ1v) is 2.15. The summed E-state index contributed by atoms with van der Waals surface area (Å²) in [5, 5.41) is 2.23. The van der Waals surface area contributed by atoms with Gasteiger partial charge in [-0.05, 0) is 6.92 Å². The molecule has 0 fully saturated rings. The lowest BCUT2D eigenvalue weighted by Gasteiger charge is -1.76. The number of nitrogens with two attached hydrogens (primary N) is 1. The van der Waals surface area contributed by atoms with Gasteiger partial charge in [0.15, 0.2) is 0 Å². The van der Waals surface area contributed by atoms with Crippen molar-refractivity contribution in [2.45, 2.75) is 6.92 Å². The van der Waals surface area contributed by atoms with Crippen molar-refractivity contribution < 1.29 is 4.52 Å². The summed E-state index contributed by atoms with van der Waals surface area (Å²) in [6.07, 6.45) is 0. The van der Waals surface area contributed by atoms with Gasteiger partial charge in [0.1, 0.15) is 5.82 Å². The van der Waals surface area contributed by atoms with Crippen LogP contribution in [-0.2, 0) is 0 Å². The first kappa shape index (κ1) is 4.96. The van der Waals surface area contributed by atoms with E-state index in [1.807, 2.05) is 0 Å². The molecule has 0 spiro atoms. The van der Waals surface area contributed by atoms with Crippen LogP contribution in [0.3, 0.4) is 0 Å². The average molecular weight is 114 g/mol. The number of nitrogens with one attached hydrogen (secondary N) is 1. The molecule has 0 bridgehead atoms. The molecule has 0 saturated heterocycles. The molecular weight excluding hydrogens is 108 g/mol. The van der Waals surface area contributed by atoms with Crippen LogP contribution >= 0.6 is 0 Å². The van der Waals surface area contributed by atoms with Gasteiger partial charge < -0.3 is 10.3 Å². The molecule has 0 saturated carbocycles. The molecule has 1 rings (SSSR count). The third kappa shape index (κ3) is 0.501. The summed E-state index contributed by atoms with van der Waals surface area (Å²) in [4.78, 5) is 10.4. The fourth-order valence-electron chi connectivity index (χ4n) is 0.364. The summed E-state index contributed by atoms with van der Waals surface area (Å²) < 4.78 is 4.29. The third-order valence-electron chi connectivity index (χ3n) is 0.964. The number of hydrogen-bond acceptors (Lipinski definition) is 3. The Morgan fingerprint density at radius 1 is 1.75 bits per heavy atom. The van der Waals surface area contributed by atoms with Crippen LogP contribution in [0.2, 0.25) is 0 Å². The summed E-state index contributed by atoms with van der Waals surface area (Å²) in [6.45, 7) is 1.59. The molecule has 0 aliphatic rings. The Morgan fingerprint density at radius 2 is 2.38 bits per heavy atom. The van der Waals surface area contributed by atoms with Crippen molar-refractivity contribution in [3.05, 3.63) is 16.0 Å². The van der Waals surface area contributed by atoms with Crippen LogP contribution in [0, 0.1) is 6.92 Å². The van der Waals surface area contributed by atoms with Crippen molar-refractivity contribution in [3.63, 3.8) is 0 Å². The highest BCUT2D eigenvalue weighted by Gasteiger charge is 1.99. The van der Waals surface area contributed by atoms with Gasteiger partial charge in [-0.3, -0.25) is 0 Å². The number of aromatic nitrogens is 1. The Kier molecular flexibility index (Phi) is 0.865. The third-order valence-corrected chi connectivity index (χ3v) is 0.964. The van der Waals surface area contributed by atoms with Gasteiger partial charge in [0.25, 0.3) is 0 Å². The van der Waals surface area contributed by atoms with Crippen molar-refractivity contribution in [2.24, 2.45) is 0 Å². The SMILES string of the molecule is Cc1c(N)[nH]oc1=O. The second-order valence-electron chi connectivity index (χ2n) is 1.53. The Bertz CT molecular complexity index is 234. The first-order chi connectivity index (χ1) is 3.72. The number of H-pyrrole nitrogens is 1. The molecule has 1 aromatic heterocycles. The average Bonchev–Trinajstić information content (AvgIpc) is 1.98. The van der Waals surface area contributed by atoms with E-state index in [4.69, 9.17) is 5.73 Å². The maximum atomic E-state index is 10.4. The van der Waals surface area contributed by atoms with E-state index in [1.54, 1.807) is 6.92 Å². The quantitative estimate of drug-likeness (QED) is 0.493. The molecule has 3 N–H and O–H groups in total. The zero-order chi connectivity index (χ0) is 6.15. The molecule has 0 aromatic carbocycles.